The highest BCUT2D eigenvalue weighted by atomic mass is 16.5. The zero-order valence-corrected chi connectivity index (χ0v) is 24.7. The topological polar surface area (TPSA) is 74.4 Å². The first kappa shape index (κ1) is 27.5. The van der Waals surface area contributed by atoms with E-state index in [1.54, 1.807) is 14.2 Å². The standard InChI is InChI=1S/C35H35N3O4/c1-6-22-17-33-36-28-18-27(29(39)20-42-30-14-12-23-10-8-9-11-26(23)25(30)7-2)37-34(35(28)38(33)19-21(22)3)24-13-15-31(40-4)32(16-24)41-5/h8-17,19,27H,6-7,18,20H2,1-5H3. The molecule has 1 aliphatic heterocycles. The van der Waals surface area contributed by atoms with E-state index in [9.17, 15) is 4.79 Å². The molecule has 1 atom stereocenters. The fourth-order valence-electron chi connectivity index (χ4n) is 5.94. The quantitative estimate of drug-likeness (QED) is 0.210. The second kappa shape index (κ2) is 11.3. The number of hydrogen-bond acceptors (Lipinski definition) is 6. The highest BCUT2D eigenvalue weighted by Gasteiger charge is 2.32. The fraction of sp³-hybridized carbons (Fsp3) is 0.286. The second-order valence-electron chi connectivity index (χ2n) is 10.6. The van der Waals surface area contributed by atoms with Crippen LogP contribution in [0.4, 0.5) is 0 Å². The van der Waals surface area contributed by atoms with E-state index in [0.29, 0.717) is 23.6 Å². The van der Waals surface area contributed by atoms with Crippen LogP contribution in [-0.2, 0) is 24.1 Å². The third-order valence-corrected chi connectivity index (χ3v) is 8.17. The highest BCUT2D eigenvalue weighted by Crippen LogP contribution is 2.33. The van der Waals surface area contributed by atoms with Gasteiger partial charge in [-0.15, -0.1) is 0 Å². The smallest absolute Gasteiger partial charge is 0.194 e. The molecule has 0 spiro atoms. The number of carbonyl (C=O) groups excluding carboxylic acids is 1. The summed E-state index contributed by atoms with van der Waals surface area (Å²) in [5.41, 5.74) is 7.66. The van der Waals surface area contributed by atoms with Crippen molar-refractivity contribution >= 4 is 27.9 Å². The summed E-state index contributed by atoms with van der Waals surface area (Å²) in [4.78, 5) is 23.8. The van der Waals surface area contributed by atoms with Crippen LogP contribution < -0.4 is 14.2 Å². The summed E-state index contributed by atoms with van der Waals surface area (Å²) >= 11 is 0. The molecule has 6 rings (SSSR count). The van der Waals surface area contributed by atoms with Crippen molar-refractivity contribution in [2.45, 2.75) is 46.1 Å². The lowest BCUT2D eigenvalue weighted by atomic mass is 9.96. The molecule has 0 saturated heterocycles. The van der Waals surface area contributed by atoms with Gasteiger partial charge in [0.25, 0.3) is 0 Å². The van der Waals surface area contributed by atoms with E-state index in [4.69, 9.17) is 24.2 Å². The number of aryl methyl sites for hydroxylation is 3. The van der Waals surface area contributed by atoms with E-state index in [2.05, 4.69) is 49.6 Å². The maximum absolute atomic E-state index is 13.7. The Kier molecular flexibility index (Phi) is 7.42. The maximum atomic E-state index is 13.7. The van der Waals surface area contributed by atoms with Gasteiger partial charge < -0.3 is 14.2 Å². The number of benzene rings is 3. The van der Waals surface area contributed by atoms with Crippen molar-refractivity contribution in [3.05, 3.63) is 101 Å². The third-order valence-electron chi connectivity index (χ3n) is 8.17. The molecule has 0 bridgehead atoms. The van der Waals surface area contributed by atoms with Crippen molar-refractivity contribution in [2.24, 2.45) is 4.99 Å². The summed E-state index contributed by atoms with van der Waals surface area (Å²) in [6.45, 7) is 6.29. The largest absolute Gasteiger partial charge is 0.493 e. The van der Waals surface area contributed by atoms with Gasteiger partial charge in [0.15, 0.2) is 17.3 Å². The molecule has 214 valence electrons. The van der Waals surface area contributed by atoms with Gasteiger partial charge in [-0.25, -0.2) is 4.98 Å². The summed E-state index contributed by atoms with van der Waals surface area (Å²) in [5.74, 6) is 1.87. The summed E-state index contributed by atoms with van der Waals surface area (Å²) in [6, 6.07) is 19.5. The zero-order valence-electron chi connectivity index (χ0n) is 24.7. The Morgan fingerprint density at radius 3 is 2.50 bits per heavy atom. The first-order valence-corrected chi connectivity index (χ1v) is 14.4. The molecule has 0 saturated carbocycles. The molecule has 0 amide bonds. The summed E-state index contributed by atoms with van der Waals surface area (Å²) in [7, 11) is 3.22. The number of pyridine rings is 1. The monoisotopic (exact) mass is 561 g/mol. The Morgan fingerprint density at radius 1 is 0.952 bits per heavy atom. The van der Waals surface area contributed by atoms with Crippen LogP contribution in [0.1, 0.15) is 47.5 Å². The van der Waals surface area contributed by atoms with Crippen LogP contribution in [0.15, 0.2) is 71.9 Å². The predicted octanol–water partition coefficient (Wildman–Crippen LogP) is 6.35. The molecule has 3 aromatic carbocycles. The number of rotatable bonds is 9. The number of nitrogens with zero attached hydrogens (tertiary/aromatic N) is 3. The third kappa shape index (κ3) is 4.79. The number of carbonyl (C=O) groups is 1. The molecular formula is C35H35N3O4. The number of fused-ring (bicyclic) bond motifs is 4. The van der Waals surface area contributed by atoms with Crippen LogP contribution in [0.3, 0.4) is 0 Å². The first-order chi connectivity index (χ1) is 20.4. The van der Waals surface area contributed by atoms with Crippen LogP contribution in [0, 0.1) is 6.92 Å². The van der Waals surface area contributed by atoms with Crippen LogP contribution >= 0.6 is 0 Å². The van der Waals surface area contributed by atoms with Crippen molar-refractivity contribution < 1.29 is 19.0 Å². The lowest BCUT2D eigenvalue weighted by Crippen LogP contribution is -2.32. The predicted molar refractivity (Wildman–Crippen MR) is 166 cm³/mol. The van der Waals surface area contributed by atoms with E-state index in [1.807, 2.05) is 42.5 Å². The van der Waals surface area contributed by atoms with Crippen molar-refractivity contribution in [2.75, 3.05) is 20.8 Å². The van der Waals surface area contributed by atoms with Gasteiger partial charge in [0.1, 0.15) is 24.0 Å². The van der Waals surface area contributed by atoms with Crippen molar-refractivity contribution in [1.82, 2.24) is 9.38 Å². The van der Waals surface area contributed by atoms with E-state index in [-0.39, 0.29) is 12.4 Å². The molecular weight excluding hydrogens is 526 g/mol. The van der Waals surface area contributed by atoms with Crippen LogP contribution in [0.25, 0.3) is 16.4 Å². The minimum atomic E-state index is -0.622. The molecule has 1 aliphatic rings. The number of ether oxygens (including phenoxy) is 3. The lowest BCUT2D eigenvalue weighted by Gasteiger charge is -2.21. The number of aliphatic imine (C=N–C) groups is 1. The molecule has 0 radical (unpaired) electrons. The zero-order chi connectivity index (χ0) is 29.4. The van der Waals surface area contributed by atoms with Gasteiger partial charge in [-0.05, 0) is 72.0 Å². The molecule has 2 aromatic heterocycles. The molecule has 1 unspecified atom stereocenters. The Hall–Kier alpha value is -4.65. The number of Topliss-reactive ketones (excluding diaryl/α,β-unsaturated/α-hetero) is 1. The first-order valence-electron chi connectivity index (χ1n) is 14.4. The summed E-state index contributed by atoms with van der Waals surface area (Å²) in [5, 5.41) is 2.30. The molecule has 5 aromatic rings. The summed E-state index contributed by atoms with van der Waals surface area (Å²) < 4.78 is 19.3. The van der Waals surface area contributed by atoms with Crippen molar-refractivity contribution in [1.29, 1.82) is 0 Å². The number of aromatic nitrogens is 2. The number of imidazole rings is 1. The van der Waals surface area contributed by atoms with Gasteiger partial charge >= 0.3 is 0 Å². The molecule has 0 aliphatic carbocycles. The van der Waals surface area contributed by atoms with Crippen molar-refractivity contribution in [3.63, 3.8) is 0 Å². The number of methoxy groups -OCH3 is 2. The molecule has 7 nitrogen and oxygen atoms in total. The lowest BCUT2D eigenvalue weighted by molar-refractivity contribution is -0.122. The van der Waals surface area contributed by atoms with Gasteiger partial charge in [0.05, 0.1) is 31.3 Å². The Balaban J connectivity index is 1.39. The minimum Gasteiger partial charge on any atom is -0.493 e. The highest BCUT2D eigenvalue weighted by molar-refractivity contribution is 6.15. The Bertz CT molecular complexity index is 1850. The minimum absolute atomic E-state index is 0.0689. The van der Waals surface area contributed by atoms with Crippen LogP contribution in [0.2, 0.25) is 0 Å². The molecule has 0 N–H and O–H groups in total. The second-order valence-corrected chi connectivity index (χ2v) is 10.6. The number of ketones is 1. The van der Waals surface area contributed by atoms with Gasteiger partial charge in [-0.2, -0.15) is 0 Å². The van der Waals surface area contributed by atoms with E-state index >= 15 is 0 Å². The normalized spacial score (nSPS) is 14.5. The Labute approximate surface area is 245 Å². The molecule has 3 heterocycles. The number of hydrogen-bond donors (Lipinski definition) is 0. The van der Waals surface area contributed by atoms with E-state index in [0.717, 1.165) is 57.5 Å². The fourth-order valence-corrected chi connectivity index (χ4v) is 5.94. The van der Waals surface area contributed by atoms with Gasteiger partial charge in [-0.3, -0.25) is 14.2 Å². The SMILES string of the molecule is CCc1cc2nc3c(n2cc1C)C(c1ccc(OC)c(OC)c1)=NC(C(=O)COc1ccc2ccccc2c1CC)C3. The maximum Gasteiger partial charge on any atom is 0.194 e. The van der Waals surface area contributed by atoms with E-state index < -0.39 is 6.04 Å². The van der Waals surface area contributed by atoms with E-state index in [1.165, 1.54) is 11.1 Å². The molecule has 7 heteroatoms. The molecule has 42 heavy (non-hydrogen) atoms. The van der Waals surface area contributed by atoms with Crippen LogP contribution in [0.5, 0.6) is 17.2 Å². The van der Waals surface area contributed by atoms with Crippen LogP contribution in [-0.4, -0.2) is 47.7 Å². The average molecular weight is 562 g/mol. The average Bonchev–Trinajstić information content (AvgIpc) is 3.38. The van der Waals surface area contributed by atoms with Crippen molar-refractivity contribution in [3.8, 4) is 17.2 Å². The van der Waals surface area contributed by atoms with Gasteiger partial charge in [0.2, 0.25) is 0 Å². The van der Waals surface area contributed by atoms with Gasteiger partial charge in [-0.1, -0.05) is 44.2 Å². The Morgan fingerprint density at radius 2 is 1.74 bits per heavy atom. The summed E-state index contributed by atoms with van der Waals surface area (Å²) in [6.07, 6.45) is 4.26. The molecule has 0 fully saturated rings. The van der Waals surface area contributed by atoms with Gasteiger partial charge in [0, 0.05) is 23.7 Å².